The van der Waals surface area contributed by atoms with Gasteiger partial charge in [0.05, 0.1) is 20.3 Å². The molecule has 5 nitrogen and oxygen atoms in total. The zero-order chi connectivity index (χ0) is 21.1. The summed E-state index contributed by atoms with van der Waals surface area (Å²) in [6, 6.07) is 20.7. The second-order valence-electron chi connectivity index (χ2n) is 6.72. The molecule has 4 aromatic rings. The lowest BCUT2D eigenvalue weighted by Gasteiger charge is -2.09. The van der Waals surface area contributed by atoms with Crippen molar-refractivity contribution in [2.45, 2.75) is 13.5 Å². The first-order chi connectivity index (χ1) is 14.6. The van der Waals surface area contributed by atoms with Gasteiger partial charge in [-0.05, 0) is 36.2 Å². The first kappa shape index (κ1) is 19.9. The van der Waals surface area contributed by atoms with Gasteiger partial charge in [-0.15, -0.1) is 11.3 Å². The molecule has 0 saturated carbocycles. The highest BCUT2D eigenvalue weighted by molar-refractivity contribution is 7.21. The topological polar surface area (TPSA) is 57.5 Å². The number of rotatable bonds is 6. The summed E-state index contributed by atoms with van der Waals surface area (Å²) in [5, 5.41) is 0.858. The minimum atomic E-state index is -0.377. The van der Waals surface area contributed by atoms with Crippen molar-refractivity contribution in [3.63, 3.8) is 0 Å². The standard InChI is InChI=1S/C24H21NO4S/c1-3-29-24(27)22-21(17-9-5-4-6-10-17)19-12-13-20(26)25(23(19)30-22)15-16-8-7-11-18(14-16)28-2/h4-14H,3,15H2,1-2H3. The molecule has 0 bridgehead atoms. The molecule has 0 N–H and O–H groups in total. The third-order valence-electron chi connectivity index (χ3n) is 4.83. The van der Waals surface area contributed by atoms with Crippen LogP contribution in [0.25, 0.3) is 21.3 Å². The molecule has 6 heteroatoms. The van der Waals surface area contributed by atoms with E-state index >= 15 is 0 Å². The highest BCUT2D eigenvalue weighted by Gasteiger charge is 2.23. The number of carbonyl (C=O) groups excluding carboxylic acids is 1. The van der Waals surface area contributed by atoms with Gasteiger partial charge in [0, 0.05) is 17.0 Å². The lowest BCUT2D eigenvalue weighted by molar-refractivity contribution is 0.0533. The van der Waals surface area contributed by atoms with Gasteiger partial charge >= 0.3 is 5.97 Å². The van der Waals surface area contributed by atoms with Gasteiger partial charge in [0.15, 0.2) is 0 Å². The van der Waals surface area contributed by atoms with Gasteiger partial charge in [0.1, 0.15) is 15.5 Å². The van der Waals surface area contributed by atoms with Gasteiger partial charge in [-0.3, -0.25) is 9.36 Å². The van der Waals surface area contributed by atoms with Crippen molar-refractivity contribution in [2.24, 2.45) is 0 Å². The van der Waals surface area contributed by atoms with Crippen LogP contribution in [0, 0.1) is 0 Å². The zero-order valence-corrected chi connectivity index (χ0v) is 17.6. The molecule has 0 spiro atoms. The number of thiophene rings is 1. The van der Waals surface area contributed by atoms with Crippen molar-refractivity contribution in [2.75, 3.05) is 13.7 Å². The van der Waals surface area contributed by atoms with Crippen LogP contribution in [0.15, 0.2) is 71.5 Å². The maximum Gasteiger partial charge on any atom is 0.349 e. The number of esters is 1. The number of aromatic nitrogens is 1. The molecular weight excluding hydrogens is 398 g/mol. The Morgan fingerprint density at radius 1 is 1.03 bits per heavy atom. The smallest absolute Gasteiger partial charge is 0.349 e. The van der Waals surface area contributed by atoms with Gasteiger partial charge in [-0.1, -0.05) is 42.5 Å². The van der Waals surface area contributed by atoms with Gasteiger partial charge in [-0.2, -0.15) is 0 Å². The lowest BCUT2D eigenvalue weighted by Crippen LogP contribution is -2.19. The van der Waals surface area contributed by atoms with Gasteiger partial charge in [0.25, 0.3) is 5.56 Å². The maximum absolute atomic E-state index is 12.8. The number of fused-ring (bicyclic) bond motifs is 1. The monoisotopic (exact) mass is 419 g/mol. The highest BCUT2D eigenvalue weighted by Crippen LogP contribution is 2.38. The molecule has 152 valence electrons. The SMILES string of the molecule is CCOC(=O)c1sc2c(ccc(=O)n2Cc2cccc(OC)c2)c1-c1ccccc1. The first-order valence-electron chi connectivity index (χ1n) is 9.64. The fourth-order valence-electron chi connectivity index (χ4n) is 3.47. The third kappa shape index (κ3) is 3.74. The van der Waals surface area contributed by atoms with E-state index < -0.39 is 0 Å². The van der Waals surface area contributed by atoms with E-state index in [-0.39, 0.29) is 18.1 Å². The summed E-state index contributed by atoms with van der Waals surface area (Å²) in [6.07, 6.45) is 0. The Labute approximate surface area is 178 Å². The molecule has 0 amide bonds. The minimum Gasteiger partial charge on any atom is -0.497 e. The molecule has 2 aromatic carbocycles. The molecule has 0 atom stereocenters. The summed E-state index contributed by atoms with van der Waals surface area (Å²) < 4.78 is 12.3. The molecule has 2 aromatic heterocycles. The Morgan fingerprint density at radius 3 is 2.57 bits per heavy atom. The number of hydrogen-bond donors (Lipinski definition) is 0. The van der Waals surface area contributed by atoms with Crippen LogP contribution in [0.2, 0.25) is 0 Å². The van der Waals surface area contributed by atoms with Crippen molar-refractivity contribution in [1.29, 1.82) is 0 Å². The van der Waals surface area contributed by atoms with Crippen LogP contribution < -0.4 is 10.3 Å². The summed E-state index contributed by atoms with van der Waals surface area (Å²) in [5.74, 6) is 0.356. The van der Waals surface area contributed by atoms with E-state index in [4.69, 9.17) is 9.47 Å². The predicted octanol–water partition coefficient (Wildman–Crippen LogP) is 4.96. The Bertz CT molecular complexity index is 1260. The zero-order valence-electron chi connectivity index (χ0n) is 16.8. The van der Waals surface area contributed by atoms with Crippen LogP contribution in [0.3, 0.4) is 0 Å². The Balaban J connectivity index is 1.93. The molecule has 0 radical (unpaired) electrons. The second kappa shape index (κ2) is 8.55. The normalized spacial score (nSPS) is 10.9. The molecule has 30 heavy (non-hydrogen) atoms. The van der Waals surface area contributed by atoms with Gasteiger partial charge in [-0.25, -0.2) is 4.79 Å². The quantitative estimate of drug-likeness (QED) is 0.414. The molecule has 2 heterocycles. The van der Waals surface area contributed by atoms with Crippen molar-refractivity contribution < 1.29 is 14.3 Å². The first-order valence-corrected chi connectivity index (χ1v) is 10.5. The van der Waals surface area contributed by atoms with Gasteiger partial charge < -0.3 is 9.47 Å². The van der Waals surface area contributed by atoms with E-state index in [1.807, 2.05) is 54.6 Å². The van der Waals surface area contributed by atoms with Crippen molar-refractivity contribution >= 4 is 27.5 Å². The van der Waals surface area contributed by atoms with Crippen molar-refractivity contribution in [1.82, 2.24) is 4.57 Å². The molecule has 0 saturated heterocycles. The Kier molecular flexibility index (Phi) is 5.68. The van der Waals surface area contributed by atoms with Crippen LogP contribution in [0.4, 0.5) is 0 Å². The number of benzene rings is 2. The average Bonchev–Trinajstić information content (AvgIpc) is 3.16. The second-order valence-corrected chi connectivity index (χ2v) is 7.72. The fraction of sp³-hybridized carbons (Fsp3) is 0.167. The molecular formula is C24H21NO4S. The fourth-order valence-corrected chi connectivity index (χ4v) is 4.68. The molecule has 0 unspecified atom stereocenters. The molecule has 0 aliphatic rings. The highest BCUT2D eigenvalue weighted by atomic mass is 32.1. The largest absolute Gasteiger partial charge is 0.497 e. The van der Waals surface area contributed by atoms with E-state index in [1.54, 1.807) is 30.7 Å². The Hall–Kier alpha value is -3.38. The molecule has 0 fully saturated rings. The summed E-state index contributed by atoms with van der Waals surface area (Å²) in [7, 11) is 1.61. The Morgan fingerprint density at radius 2 is 1.83 bits per heavy atom. The van der Waals surface area contributed by atoms with E-state index in [9.17, 15) is 9.59 Å². The van der Waals surface area contributed by atoms with Crippen molar-refractivity contribution in [3.05, 3.63) is 87.5 Å². The van der Waals surface area contributed by atoms with E-state index in [0.29, 0.717) is 11.4 Å². The number of carbonyl (C=O) groups is 1. The summed E-state index contributed by atoms with van der Waals surface area (Å²) in [5.41, 5.74) is 2.53. The minimum absolute atomic E-state index is 0.124. The number of methoxy groups -OCH3 is 1. The number of hydrogen-bond acceptors (Lipinski definition) is 5. The molecule has 0 aliphatic heterocycles. The number of nitrogens with zero attached hydrogens (tertiary/aromatic N) is 1. The maximum atomic E-state index is 12.8. The molecule has 4 rings (SSSR count). The van der Waals surface area contributed by atoms with Crippen LogP contribution in [-0.2, 0) is 11.3 Å². The van der Waals surface area contributed by atoms with E-state index in [0.717, 1.165) is 32.7 Å². The third-order valence-corrected chi connectivity index (χ3v) is 6.04. The lowest BCUT2D eigenvalue weighted by atomic mass is 10.0. The van der Waals surface area contributed by atoms with E-state index in [2.05, 4.69) is 0 Å². The molecule has 0 aliphatic carbocycles. The average molecular weight is 420 g/mol. The van der Waals surface area contributed by atoms with Crippen LogP contribution in [0.5, 0.6) is 5.75 Å². The summed E-state index contributed by atoms with van der Waals surface area (Å²) in [6.45, 7) is 2.45. The van der Waals surface area contributed by atoms with E-state index in [1.165, 1.54) is 11.3 Å². The summed E-state index contributed by atoms with van der Waals surface area (Å²) in [4.78, 5) is 26.7. The summed E-state index contributed by atoms with van der Waals surface area (Å²) >= 11 is 1.29. The van der Waals surface area contributed by atoms with Crippen LogP contribution in [-0.4, -0.2) is 24.3 Å². The van der Waals surface area contributed by atoms with Crippen LogP contribution in [0.1, 0.15) is 22.2 Å². The van der Waals surface area contributed by atoms with Crippen LogP contribution >= 0.6 is 11.3 Å². The predicted molar refractivity (Wildman–Crippen MR) is 120 cm³/mol. The van der Waals surface area contributed by atoms with Crippen molar-refractivity contribution in [3.8, 4) is 16.9 Å². The van der Waals surface area contributed by atoms with Gasteiger partial charge in [0.2, 0.25) is 0 Å². The number of pyridine rings is 1. The number of ether oxygens (including phenoxy) is 2.